The minimum absolute atomic E-state index is 0. The second-order valence-electron chi connectivity index (χ2n) is 12.7. The zero-order valence-electron chi connectivity index (χ0n) is 29.7. The van der Waals surface area contributed by atoms with E-state index < -0.39 is 30.7 Å². The number of nitrogens with one attached hydrogen (secondary N) is 2. The van der Waals surface area contributed by atoms with Crippen LogP contribution >= 0.6 is 0 Å². The van der Waals surface area contributed by atoms with Crippen LogP contribution in [0, 0.1) is 37.8 Å². The second kappa shape index (κ2) is 17.5. The fourth-order valence-electron chi connectivity index (χ4n) is 6.59. The van der Waals surface area contributed by atoms with Crippen molar-refractivity contribution in [1.82, 2.24) is 19.8 Å². The lowest BCUT2D eigenvalue weighted by Crippen LogP contribution is -2.33. The third-order valence-corrected chi connectivity index (χ3v) is 12.2. The minimum Gasteiger partial charge on any atom is -0.400 e. The Labute approximate surface area is 309 Å². The van der Waals surface area contributed by atoms with Crippen LogP contribution in [-0.4, -0.2) is 56.4 Å². The van der Waals surface area contributed by atoms with Gasteiger partial charge in [-0.05, 0) is 82.7 Å². The van der Waals surface area contributed by atoms with Crippen LogP contribution in [0.1, 0.15) is 81.7 Å². The molecule has 0 unspecified atom stereocenters. The highest BCUT2D eigenvalue weighted by atomic mass is 32.2. The maximum Gasteiger partial charge on any atom is 0.294 e. The van der Waals surface area contributed by atoms with E-state index in [9.17, 15) is 26.9 Å². The molecule has 292 valence electrons. The number of nitrogen functional groups attached to an aromatic ring is 3. The summed E-state index contributed by atoms with van der Waals surface area (Å²) in [5, 5.41) is 26.1. The second-order valence-corrected chi connectivity index (χ2v) is 16.1. The van der Waals surface area contributed by atoms with Gasteiger partial charge >= 0.3 is 0 Å². The molecule has 0 spiro atoms. The van der Waals surface area contributed by atoms with Crippen molar-refractivity contribution < 1.29 is 35.9 Å². The zero-order valence-corrected chi connectivity index (χ0v) is 31.4. The van der Waals surface area contributed by atoms with Crippen LogP contribution in [0.3, 0.4) is 0 Å². The van der Waals surface area contributed by atoms with E-state index in [1.54, 1.807) is 33.8 Å². The van der Waals surface area contributed by atoms with E-state index in [0.29, 0.717) is 39.6 Å². The maximum absolute atomic E-state index is 12.8. The van der Waals surface area contributed by atoms with Gasteiger partial charge in [0.2, 0.25) is 20.0 Å². The number of aromatic nitrogens is 2. The van der Waals surface area contributed by atoms with Gasteiger partial charge in [-0.2, -0.15) is 0 Å². The van der Waals surface area contributed by atoms with Crippen molar-refractivity contribution in [2.24, 2.45) is 0 Å². The molecule has 19 heteroatoms. The van der Waals surface area contributed by atoms with E-state index in [4.69, 9.17) is 31.4 Å². The fourth-order valence-corrected chi connectivity index (χ4v) is 9.56. The predicted molar refractivity (Wildman–Crippen MR) is 203 cm³/mol. The summed E-state index contributed by atoms with van der Waals surface area (Å²) in [7, 11) is -6.74. The third kappa shape index (κ3) is 9.52. The van der Waals surface area contributed by atoms with E-state index in [1.165, 1.54) is 18.2 Å². The number of nitro groups is 1. The summed E-state index contributed by atoms with van der Waals surface area (Å²) in [4.78, 5) is 10.4. The molecule has 0 aliphatic heterocycles. The monoisotopic (exact) mass is 778 g/mol. The Morgan fingerprint density at radius 1 is 0.717 bits per heavy atom. The summed E-state index contributed by atoms with van der Waals surface area (Å²) in [6.45, 7) is 6.90. The molecule has 0 bridgehead atoms. The summed E-state index contributed by atoms with van der Waals surface area (Å²) in [5.41, 5.74) is 20.6. The fraction of sp³-hybridized carbons (Fsp3) is 0.471. The van der Waals surface area contributed by atoms with E-state index in [2.05, 4.69) is 19.8 Å². The molecule has 53 heavy (non-hydrogen) atoms. The van der Waals surface area contributed by atoms with Gasteiger partial charge in [0.25, 0.3) is 5.69 Å². The van der Waals surface area contributed by atoms with Gasteiger partial charge in [-0.1, -0.05) is 43.4 Å². The molecule has 0 radical (unpaired) electrons. The molecule has 2 aromatic heterocycles. The van der Waals surface area contributed by atoms with Gasteiger partial charge in [-0.3, -0.25) is 10.1 Å². The number of sulfonamides is 2. The van der Waals surface area contributed by atoms with E-state index in [1.807, 2.05) is 0 Å². The van der Waals surface area contributed by atoms with Crippen LogP contribution in [-0.2, 0) is 20.0 Å². The Morgan fingerprint density at radius 3 is 1.45 bits per heavy atom. The smallest absolute Gasteiger partial charge is 0.294 e. The minimum atomic E-state index is -4.00. The van der Waals surface area contributed by atoms with Gasteiger partial charge in [0.1, 0.15) is 27.0 Å². The number of rotatable bonds is 9. The highest BCUT2D eigenvalue weighted by Gasteiger charge is 2.31. The van der Waals surface area contributed by atoms with Crippen molar-refractivity contribution in [3.05, 3.63) is 57.3 Å². The predicted octanol–water partition coefficient (Wildman–Crippen LogP) is 5.26. The molecule has 2 aromatic carbocycles. The molecule has 2 saturated carbocycles. The number of hydrogen-bond acceptors (Lipinski definition) is 14. The number of nitro benzene ring substituents is 1. The van der Waals surface area contributed by atoms with Gasteiger partial charge < -0.3 is 31.4 Å². The molecule has 6 rings (SSSR count). The Bertz CT molecular complexity index is 2100. The first kappa shape index (κ1) is 42.8. The number of aliphatic hydroxyl groups is 1. The van der Waals surface area contributed by atoms with Gasteiger partial charge in [0.15, 0.2) is 0 Å². The topological polar surface area (TPSA) is 286 Å². The number of anilines is 3. The number of aliphatic hydroxyl groups excluding tert-OH is 1. The Morgan fingerprint density at radius 2 is 1.09 bits per heavy atom. The van der Waals surface area contributed by atoms with Crippen LogP contribution in [0.4, 0.5) is 22.7 Å². The van der Waals surface area contributed by atoms with Crippen molar-refractivity contribution in [2.75, 3.05) is 24.3 Å². The molecular weight excluding hydrogens is 729 g/mol. The molecule has 2 fully saturated rings. The summed E-state index contributed by atoms with van der Waals surface area (Å²) in [5.74, 6) is 1.04. The maximum atomic E-state index is 12.8. The molecule has 17 nitrogen and oxygen atoms in total. The summed E-state index contributed by atoms with van der Waals surface area (Å²) >= 11 is 0. The molecule has 2 aliphatic carbocycles. The number of nitrogens with zero attached hydrogens (tertiary/aromatic N) is 3. The molecule has 0 amide bonds. The quantitative estimate of drug-likeness (QED) is 0.0718. The van der Waals surface area contributed by atoms with E-state index >= 15 is 0 Å². The van der Waals surface area contributed by atoms with Crippen LogP contribution in [0.5, 0.6) is 0 Å². The van der Waals surface area contributed by atoms with Gasteiger partial charge in [0, 0.05) is 36.4 Å². The Hall–Kier alpha value is -4.56. The van der Waals surface area contributed by atoms with Gasteiger partial charge in [-0.25, -0.2) is 26.3 Å². The van der Waals surface area contributed by atoms with E-state index in [-0.39, 0.29) is 46.4 Å². The number of hydrogen-bond donors (Lipinski definition) is 6. The van der Waals surface area contributed by atoms with Crippen molar-refractivity contribution in [3.63, 3.8) is 0 Å². The highest BCUT2D eigenvalue weighted by molar-refractivity contribution is 7.90. The van der Waals surface area contributed by atoms with Crippen molar-refractivity contribution in [2.45, 2.75) is 108 Å². The van der Waals surface area contributed by atoms with Crippen LogP contribution in [0.2, 0.25) is 0 Å². The molecule has 0 atom stereocenters. The number of nitrogens with two attached hydrogens (primary N) is 3. The molecule has 4 aromatic rings. The van der Waals surface area contributed by atoms with Crippen molar-refractivity contribution in [3.8, 4) is 22.3 Å². The molecular formula is C34H50N8O9S2. The average Bonchev–Trinajstić information content (AvgIpc) is 3.90. The standard InChI is InChI=1S/C16H20N4O5S.C16H22N4O3S.CH4O.CH4/c1-9-15(10(2)25-18-9)11-7-13(20(21)22)16(17)14(8-11)26(23,24)19-12-5-3-4-6-12;1-9-15(10(2)23-19-9)11-7-13(17)16(18)14(8-11)24(21,22)20-12-5-3-4-6-12;1-2;/h7-8,12,19H,3-6,17H2,1-2H3;7-8,12,20H,3-6,17-18H2,1-2H3;2H,1H3;1H4. The zero-order chi connectivity index (χ0) is 38.5. The normalized spacial score (nSPS) is 14.9. The SMILES string of the molecule is C.CO.Cc1noc(C)c1-c1cc(N)c(N)c(S(=O)(=O)NC2CCCC2)c1.Cc1noc(C)c1-c1cc([N+](=O)[O-])c(N)c(S(=O)(=O)NC2CCCC2)c1. The third-order valence-electron chi connectivity index (χ3n) is 9.07. The van der Waals surface area contributed by atoms with Crippen molar-refractivity contribution >= 4 is 42.8 Å². The lowest BCUT2D eigenvalue weighted by molar-refractivity contribution is -0.384. The van der Waals surface area contributed by atoms with E-state index in [0.717, 1.165) is 64.0 Å². The summed E-state index contributed by atoms with van der Waals surface area (Å²) in [6.07, 6.45) is 7.13. The highest BCUT2D eigenvalue weighted by Crippen LogP contribution is 2.38. The van der Waals surface area contributed by atoms with Gasteiger partial charge in [0.05, 0.1) is 27.7 Å². The molecule has 2 aliphatic rings. The molecule has 2 heterocycles. The Kier molecular flexibility index (Phi) is 14.2. The van der Waals surface area contributed by atoms with Crippen molar-refractivity contribution in [1.29, 1.82) is 0 Å². The number of aryl methyl sites for hydroxylation is 4. The first-order valence-electron chi connectivity index (χ1n) is 16.6. The average molecular weight is 779 g/mol. The lowest BCUT2D eigenvalue weighted by atomic mass is 10.0. The van der Waals surface area contributed by atoms with Crippen LogP contribution in [0.25, 0.3) is 22.3 Å². The first-order chi connectivity index (χ1) is 24.5. The molecule has 9 N–H and O–H groups in total. The largest absolute Gasteiger partial charge is 0.400 e. The first-order valence-corrected chi connectivity index (χ1v) is 19.6. The molecule has 0 saturated heterocycles. The van der Waals surface area contributed by atoms with Crippen LogP contribution < -0.4 is 26.6 Å². The summed E-state index contributed by atoms with van der Waals surface area (Å²) < 4.78 is 66.8. The number of benzene rings is 2. The van der Waals surface area contributed by atoms with Crippen LogP contribution in [0.15, 0.2) is 43.1 Å². The van der Waals surface area contributed by atoms with Gasteiger partial charge in [-0.15, -0.1) is 0 Å². The lowest BCUT2D eigenvalue weighted by Gasteiger charge is -2.16. The Balaban J connectivity index is 0.000000269. The summed E-state index contributed by atoms with van der Waals surface area (Å²) in [6, 6.07) is 5.55.